The second-order valence-electron chi connectivity index (χ2n) is 22.3. The minimum atomic E-state index is -0.302. The third-order valence-electron chi connectivity index (χ3n) is 17.0. The molecule has 0 unspecified atom stereocenters. The number of anilines is 6. The van der Waals surface area contributed by atoms with Gasteiger partial charge in [-0.2, -0.15) is 0 Å². The second-order valence-corrected chi connectivity index (χ2v) is 22.3. The van der Waals surface area contributed by atoms with E-state index in [1.54, 1.807) is 0 Å². The van der Waals surface area contributed by atoms with Crippen LogP contribution in [0.25, 0.3) is 98.8 Å². The lowest BCUT2D eigenvalue weighted by Crippen LogP contribution is -2.16. The SMILES string of the molecule is Cc1ccc(N(c2ccc3c4c(ccc3c2)-c2ccc3cc(N(c5ccc(C)cc5)c5cccc6c5oc5c(-c7ccccc7C)cccc56)ccc3c2C4(C)C)c2cccc3c2oc2c(-c4ccccc4C)cccc23)cc1. The van der Waals surface area contributed by atoms with Crippen LogP contribution in [0.2, 0.25) is 0 Å². The first kappa shape index (κ1) is 46.6. The molecule has 0 aliphatic heterocycles. The molecule has 79 heavy (non-hydrogen) atoms. The van der Waals surface area contributed by atoms with Crippen molar-refractivity contribution < 1.29 is 8.83 Å². The van der Waals surface area contributed by atoms with Gasteiger partial charge in [0.1, 0.15) is 11.2 Å². The van der Waals surface area contributed by atoms with Gasteiger partial charge in [0.25, 0.3) is 0 Å². The maximum atomic E-state index is 7.09. The standard InChI is InChI=1S/C75H56N2O2/c1-45-27-33-51(34-28-45)76(67-25-13-23-65-63-21-11-19-61(71(63)78-73(65)67)55-17-9-7-15-47(55)3)53-37-41-57-49(43-53)31-39-59-60-40-32-50-44-54(38-42-58(50)70(60)75(5,6)69(57)59)77(52-35-29-46(2)30-36-52)68-26-14-24-66-64-22-12-20-62(72(64)79-74(66)68)56-18-10-8-16-48(56)4/h7-44H,1-6H3. The van der Waals surface area contributed by atoms with E-state index < -0.39 is 0 Å². The third kappa shape index (κ3) is 7.21. The molecule has 2 aromatic heterocycles. The predicted molar refractivity (Wildman–Crippen MR) is 333 cm³/mol. The molecule has 1 aliphatic rings. The van der Waals surface area contributed by atoms with Crippen LogP contribution >= 0.6 is 0 Å². The summed E-state index contributed by atoms with van der Waals surface area (Å²) in [7, 11) is 0. The Hall–Kier alpha value is -9.64. The van der Waals surface area contributed by atoms with Crippen LogP contribution in [0.1, 0.15) is 47.2 Å². The molecule has 0 spiro atoms. The summed E-state index contributed by atoms with van der Waals surface area (Å²) in [5.74, 6) is 0. The summed E-state index contributed by atoms with van der Waals surface area (Å²) in [4.78, 5) is 4.74. The van der Waals surface area contributed by atoms with Crippen LogP contribution in [0.5, 0.6) is 0 Å². The molecule has 0 atom stereocenters. The Kier molecular flexibility index (Phi) is 10.5. The summed E-state index contributed by atoms with van der Waals surface area (Å²) in [5.41, 5.74) is 24.2. The average Bonchev–Trinajstić information content (AvgIpc) is 4.24. The summed E-state index contributed by atoms with van der Waals surface area (Å²) >= 11 is 0. The third-order valence-corrected chi connectivity index (χ3v) is 17.0. The van der Waals surface area contributed by atoms with Crippen molar-refractivity contribution >= 4 is 99.5 Å². The van der Waals surface area contributed by atoms with Gasteiger partial charge in [0.15, 0.2) is 11.2 Å². The fourth-order valence-electron chi connectivity index (χ4n) is 13.2. The number of furan rings is 2. The molecule has 4 nitrogen and oxygen atoms in total. The van der Waals surface area contributed by atoms with Gasteiger partial charge in [-0.05, 0) is 154 Å². The molecule has 0 fully saturated rings. The van der Waals surface area contributed by atoms with Gasteiger partial charge < -0.3 is 18.6 Å². The molecule has 14 aromatic rings. The zero-order chi connectivity index (χ0) is 53.3. The van der Waals surface area contributed by atoms with E-state index in [0.717, 1.165) is 89.1 Å². The van der Waals surface area contributed by atoms with Gasteiger partial charge in [-0.15, -0.1) is 0 Å². The number of hydrogen-bond acceptors (Lipinski definition) is 4. The molecule has 0 saturated carbocycles. The summed E-state index contributed by atoms with van der Waals surface area (Å²) in [6, 6.07) is 84.4. The fraction of sp³-hybridized carbons (Fsp3) is 0.0933. The second kappa shape index (κ2) is 17.7. The van der Waals surface area contributed by atoms with Gasteiger partial charge in [-0.25, -0.2) is 0 Å². The van der Waals surface area contributed by atoms with Gasteiger partial charge in [0, 0.05) is 60.8 Å². The highest BCUT2D eigenvalue weighted by molar-refractivity contribution is 6.16. The van der Waals surface area contributed by atoms with Crippen molar-refractivity contribution in [3.8, 4) is 33.4 Å². The van der Waals surface area contributed by atoms with E-state index >= 15 is 0 Å². The Balaban J connectivity index is 0.844. The lowest BCUT2D eigenvalue weighted by Gasteiger charge is -2.28. The molecule has 15 rings (SSSR count). The van der Waals surface area contributed by atoms with Crippen LogP contribution in [0.3, 0.4) is 0 Å². The van der Waals surface area contributed by atoms with E-state index in [-0.39, 0.29) is 5.41 Å². The molecule has 0 amide bonds. The van der Waals surface area contributed by atoms with E-state index in [1.807, 2.05) is 0 Å². The van der Waals surface area contributed by atoms with E-state index in [9.17, 15) is 0 Å². The summed E-state index contributed by atoms with van der Waals surface area (Å²) < 4.78 is 14.2. The molecule has 0 bridgehead atoms. The fourth-order valence-corrected chi connectivity index (χ4v) is 13.2. The quantitative estimate of drug-likeness (QED) is 0.152. The molecular weight excluding hydrogens is 961 g/mol. The van der Waals surface area contributed by atoms with Crippen LogP contribution in [0, 0.1) is 27.7 Å². The first-order valence-electron chi connectivity index (χ1n) is 27.5. The summed E-state index contributed by atoms with van der Waals surface area (Å²) in [6.07, 6.45) is 0. The van der Waals surface area contributed by atoms with Crippen molar-refractivity contribution in [2.45, 2.75) is 47.0 Å². The number of para-hydroxylation sites is 4. The maximum Gasteiger partial charge on any atom is 0.159 e. The number of rotatable bonds is 8. The largest absolute Gasteiger partial charge is 0.453 e. The van der Waals surface area contributed by atoms with Gasteiger partial charge >= 0.3 is 0 Å². The minimum absolute atomic E-state index is 0.302. The van der Waals surface area contributed by atoms with E-state index in [0.29, 0.717) is 0 Å². The van der Waals surface area contributed by atoms with Crippen LogP contribution < -0.4 is 9.80 Å². The molecular formula is C75H56N2O2. The minimum Gasteiger partial charge on any atom is -0.453 e. The Morgan fingerprint density at radius 2 is 0.658 bits per heavy atom. The van der Waals surface area contributed by atoms with Crippen molar-refractivity contribution in [3.05, 3.63) is 264 Å². The molecule has 2 heterocycles. The normalized spacial score (nSPS) is 12.8. The smallest absolute Gasteiger partial charge is 0.159 e. The van der Waals surface area contributed by atoms with Gasteiger partial charge in [0.05, 0.1) is 11.4 Å². The van der Waals surface area contributed by atoms with Crippen LogP contribution in [-0.2, 0) is 5.41 Å². The Labute approximate surface area is 460 Å². The molecule has 0 saturated heterocycles. The van der Waals surface area contributed by atoms with Gasteiger partial charge in [-0.3, -0.25) is 0 Å². The predicted octanol–water partition coefficient (Wildman–Crippen LogP) is 21.6. The number of fused-ring (bicyclic) bond motifs is 13. The molecule has 4 heteroatoms. The zero-order valence-corrected chi connectivity index (χ0v) is 45.2. The highest BCUT2D eigenvalue weighted by Gasteiger charge is 2.39. The molecule has 378 valence electrons. The number of nitrogens with zero attached hydrogens (tertiary/aromatic N) is 2. The number of aryl methyl sites for hydroxylation is 4. The van der Waals surface area contributed by atoms with Crippen molar-refractivity contribution in [2.24, 2.45) is 0 Å². The Morgan fingerprint density at radius 1 is 0.291 bits per heavy atom. The Morgan fingerprint density at radius 3 is 1.08 bits per heavy atom. The number of hydrogen-bond donors (Lipinski definition) is 0. The topological polar surface area (TPSA) is 32.8 Å². The van der Waals surface area contributed by atoms with E-state index in [1.165, 1.54) is 77.2 Å². The Bertz CT molecular complexity index is 4500. The van der Waals surface area contributed by atoms with Crippen LogP contribution in [-0.4, -0.2) is 0 Å². The van der Waals surface area contributed by atoms with Crippen LogP contribution in [0.15, 0.2) is 239 Å². The molecule has 0 N–H and O–H groups in total. The van der Waals surface area contributed by atoms with Gasteiger partial charge in [-0.1, -0.05) is 195 Å². The molecule has 12 aromatic carbocycles. The average molecular weight is 1020 g/mol. The first-order valence-corrected chi connectivity index (χ1v) is 27.5. The van der Waals surface area contributed by atoms with Crippen LogP contribution in [0.4, 0.5) is 34.1 Å². The highest BCUT2D eigenvalue weighted by Crippen LogP contribution is 2.55. The highest BCUT2D eigenvalue weighted by atomic mass is 16.3. The van der Waals surface area contributed by atoms with E-state index in [4.69, 9.17) is 8.83 Å². The van der Waals surface area contributed by atoms with Crippen molar-refractivity contribution in [3.63, 3.8) is 0 Å². The number of benzene rings is 12. The lowest BCUT2D eigenvalue weighted by molar-refractivity contribution is 0.670. The first-order chi connectivity index (χ1) is 38.6. The summed E-state index contributed by atoms with van der Waals surface area (Å²) in [6.45, 7) is 13.5. The zero-order valence-electron chi connectivity index (χ0n) is 45.2. The van der Waals surface area contributed by atoms with Crippen molar-refractivity contribution in [1.82, 2.24) is 0 Å². The monoisotopic (exact) mass is 1020 g/mol. The molecule has 0 radical (unpaired) electrons. The summed E-state index contributed by atoms with van der Waals surface area (Å²) in [5, 5.41) is 9.31. The van der Waals surface area contributed by atoms with Crippen molar-refractivity contribution in [1.29, 1.82) is 0 Å². The van der Waals surface area contributed by atoms with Gasteiger partial charge in [0.2, 0.25) is 0 Å². The lowest BCUT2D eigenvalue weighted by atomic mass is 9.78. The van der Waals surface area contributed by atoms with E-state index in [2.05, 4.69) is 282 Å². The van der Waals surface area contributed by atoms with Crippen molar-refractivity contribution in [2.75, 3.05) is 9.80 Å². The molecule has 1 aliphatic carbocycles. The maximum absolute atomic E-state index is 7.09.